The van der Waals surface area contributed by atoms with E-state index >= 15 is 0 Å². The molecule has 0 saturated carbocycles. The summed E-state index contributed by atoms with van der Waals surface area (Å²) in [6, 6.07) is 0. The summed E-state index contributed by atoms with van der Waals surface area (Å²) < 4.78 is 1.35. The summed E-state index contributed by atoms with van der Waals surface area (Å²) >= 11 is 2.66. The first-order chi connectivity index (χ1) is 10.7. The van der Waals surface area contributed by atoms with E-state index in [4.69, 9.17) is 0 Å². The molecule has 0 aliphatic rings. The number of hydrogen-bond acceptors (Lipinski definition) is 7. The van der Waals surface area contributed by atoms with Crippen LogP contribution in [0.25, 0.3) is 4.96 Å². The maximum absolute atomic E-state index is 12.2. The second-order valence-electron chi connectivity index (χ2n) is 4.59. The summed E-state index contributed by atoms with van der Waals surface area (Å²) in [6.07, 6.45) is 5.84. The van der Waals surface area contributed by atoms with Gasteiger partial charge in [0.25, 0.3) is 11.5 Å². The lowest BCUT2D eigenvalue weighted by molar-refractivity contribution is 0.102. The smallest absolute Gasteiger partial charge is 0.271 e. The quantitative estimate of drug-likeness (QED) is 0.772. The van der Waals surface area contributed by atoms with Crippen molar-refractivity contribution in [2.45, 2.75) is 26.2 Å². The number of nitrogens with zero attached hydrogens (tertiary/aromatic N) is 4. The second-order valence-corrected chi connectivity index (χ2v) is 6.53. The van der Waals surface area contributed by atoms with Crippen LogP contribution >= 0.6 is 22.7 Å². The van der Waals surface area contributed by atoms with E-state index < -0.39 is 5.91 Å². The molecule has 3 rings (SSSR count). The summed E-state index contributed by atoms with van der Waals surface area (Å²) in [7, 11) is 0. The Labute approximate surface area is 133 Å². The Morgan fingerprint density at radius 3 is 3.09 bits per heavy atom. The zero-order chi connectivity index (χ0) is 15.5. The van der Waals surface area contributed by atoms with Crippen LogP contribution in [-0.2, 0) is 6.42 Å². The molecule has 0 bridgehead atoms. The highest BCUT2D eigenvalue weighted by atomic mass is 32.1. The predicted octanol–water partition coefficient (Wildman–Crippen LogP) is 2.20. The number of hydrogen-bond donors (Lipinski definition) is 1. The molecular weight excluding hydrogens is 322 g/mol. The van der Waals surface area contributed by atoms with Crippen molar-refractivity contribution in [2.24, 2.45) is 0 Å². The molecule has 1 N–H and O–H groups in total. The Morgan fingerprint density at radius 2 is 2.27 bits per heavy atom. The molecule has 3 heterocycles. The number of nitrogens with one attached hydrogen (secondary N) is 1. The van der Waals surface area contributed by atoms with Gasteiger partial charge in [0, 0.05) is 24.2 Å². The summed E-state index contributed by atoms with van der Waals surface area (Å²) in [4.78, 5) is 29.1. The number of fused-ring (bicyclic) bond motifs is 1. The molecule has 0 aromatic carbocycles. The van der Waals surface area contributed by atoms with Crippen molar-refractivity contribution in [2.75, 3.05) is 5.32 Å². The van der Waals surface area contributed by atoms with Crippen molar-refractivity contribution < 1.29 is 4.79 Å². The van der Waals surface area contributed by atoms with Gasteiger partial charge < -0.3 is 0 Å². The van der Waals surface area contributed by atoms with Gasteiger partial charge in [0.2, 0.25) is 5.13 Å². The maximum Gasteiger partial charge on any atom is 0.271 e. The molecule has 0 aliphatic heterocycles. The molecule has 114 valence electrons. The number of carbonyl (C=O) groups is 1. The van der Waals surface area contributed by atoms with E-state index in [2.05, 4.69) is 27.4 Å². The van der Waals surface area contributed by atoms with Crippen molar-refractivity contribution in [3.63, 3.8) is 0 Å². The zero-order valence-corrected chi connectivity index (χ0v) is 13.4. The van der Waals surface area contributed by atoms with Gasteiger partial charge in [0.1, 0.15) is 10.6 Å². The van der Waals surface area contributed by atoms with E-state index in [-0.39, 0.29) is 11.1 Å². The standard InChI is InChI=1S/C13H13N5O2S2/c1-2-3-4-9-16-17-12(22-9)15-10(19)8-7-14-13-18(11(8)20)5-6-21-13/h5-7H,2-4H2,1H3,(H,15,17,19). The molecule has 22 heavy (non-hydrogen) atoms. The van der Waals surface area contributed by atoms with Gasteiger partial charge >= 0.3 is 0 Å². The van der Waals surface area contributed by atoms with E-state index in [1.54, 1.807) is 11.6 Å². The lowest BCUT2D eigenvalue weighted by Gasteiger charge is -2.00. The molecule has 0 atom stereocenters. The lowest BCUT2D eigenvalue weighted by atomic mass is 10.3. The minimum absolute atomic E-state index is 0.0128. The van der Waals surface area contributed by atoms with E-state index in [1.165, 1.54) is 33.3 Å². The zero-order valence-electron chi connectivity index (χ0n) is 11.8. The van der Waals surface area contributed by atoms with Crippen LogP contribution in [0.5, 0.6) is 0 Å². The predicted molar refractivity (Wildman–Crippen MR) is 85.8 cm³/mol. The molecule has 0 fully saturated rings. The molecule has 9 heteroatoms. The van der Waals surface area contributed by atoms with E-state index in [0.717, 1.165) is 24.3 Å². The summed E-state index contributed by atoms with van der Waals surface area (Å²) in [5.41, 5.74) is -0.402. The van der Waals surface area contributed by atoms with Crippen LogP contribution in [0.15, 0.2) is 22.6 Å². The number of carbonyl (C=O) groups excluding carboxylic acids is 1. The van der Waals surface area contributed by atoms with Crippen molar-refractivity contribution in [3.05, 3.63) is 38.7 Å². The van der Waals surface area contributed by atoms with Crippen molar-refractivity contribution in [1.29, 1.82) is 0 Å². The highest BCUT2D eigenvalue weighted by Crippen LogP contribution is 2.17. The second kappa shape index (κ2) is 6.32. The SMILES string of the molecule is CCCCc1nnc(NC(=O)c2cnc3sccn3c2=O)s1. The monoisotopic (exact) mass is 335 g/mol. The van der Waals surface area contributed by atoms with Crippen LogP contribution in [0.1, 0.15) is 35.1 Å². The van der Waals surface area contributed by atoms with Crippen LogP contribution < -0.4 is 10.9 Å². The van der Waals surface area contributed by atoms with E-state index in [0.29, 0.717) is 10.1 Å². The third kappa shape index (κ3) is 2.90. The van der Waals surface area contributed by atoms with Gasteiger partial charge in [0.05, 0.1) is 0 Å². The molecule has 1 amide bonds. The third-order valence-corrected chi connectivity index (χ3v) is 4.69. The minimum atomic E-state index is -0.517. The Kier molecular flexibility index (Phi) is 4.25. The van der Waals surface area contributed by atoms with Gasteiger partial charge in [0.15, 0.2) is 4.96 Å². The summed E-state index contributed by atoms with van der Waals surface area (Å²) in [5.74, 6) is -0.517. The Morgan fingerprint density at radius 1 is 1.41 bits per heavy atom. The first kappa shape index (κ1) is 14.8. The number of rotatable bonds is 5. The van der Waals surface area contributed by atoms with Gasteiger partial charge in [-0.1, -0.05) is 24.7 Å². The topological polar surface area (TPSA) is 89.2 Å². The minimum Gasteiger partial charge on any atom is -0.296 e. The van der Waals surface area contributed by atoms with Crippen LogP contribution in [-0.4, -0.2) is 25.5 Å². The highest BCUT2D eigenvalue weighted by Gasteiger charge is 2.15. The van der Waals surface area contributed by atoms with Crippen molar-refractivity contribution >= 4 is 38.7 Å². The third-order valence-electron chi connectivity index (χ3n) is 3.02. The number of aromatic nitrogens is 4. The number of anilines is 1. The molecule has 0 radical (unpaired) electrons. The normalized spacial score (nSPS) is 11.0. The van der Waals surface area contributed by atoms with E-state index in [1.807, 2.05) is 0 Å². The molecular formula is C13H13N5O2S2. The summed E-state index contributed by atoms with van der Waals surface area (Å²) in [6.45, 7) is 2.10. The fourth-order valence-electron chi connectivity index (χ4n) is 1.88. The fraction of sp³-hybridized carbons (Fsp3) is 0.308. The first-order valence-corrected chi connectivity index (χ1v) is 8.47. The number of amides is 1. The maximum atomic E-state index is 12.2. The van der Waals surface area contributed by atoms with Crippen LogP contribution in [0.2, 0.25) is 0 Å². The molecule has 7 nitrogen and oxygen atoms in total. The van der Waals surface area contributed by atoms with Gasteiger partial charge in [-0.25, -0.2) is 4.98 Å². The molecule has 0 saturated heterocycles. The van der Waals surface area contributed by atoms with Gasteiger partial charge in [-0.15, -0.1) is 21.5 Å². The number of thiazole rings is 1. The van der Waals surface area contributed by atoms with Crippen LogP contribution in [0.3, 0.4) is 0 Å². The first-order valence-electron chi connectivity index (χ1n) is 6.77. The summed E-state index contributed by atoms with van der Waals surface area (Å²) in [5, 5.41) is 13.6. The number of unbranched alkanes of at least 4 members (excludes halogenated alkanes) is 1. The Hall–Kier alpha value is -2.13. The largest absolute Gasteiger partial charge is 0.296 e. The Balaban J connectivity index is 1.79. The lowest BCUT2D eigenvalue weighted by Crippen LogP contribution is -2.25. The Bertz CT molecular complexity index is 867. The highest BCUT2D eigenvalue weighted by molar-refractivity contribution is 7.15. The molecule has 0 spiro atoms. The average molecular weight is 335 g/mol. The van der Waals surface area contributed by atoms with E-state index in [9.17, 15) is 9.59 Å². The average Bonchev–Trinajstić information content (AvgIpc) is 3.14. The molecule has 0 aliphatic carbocycles. The molecule has 3 aromatic heterocycles. The molecule has 0 unspecified atom stereocenters. The van der Waals surface area contributed by atoms with Gasteiger partial charge in [-0.3, -0.25) is 19.3 Å². The van der Waals surface area contributed by atoms with Gasteiger partial charge in [-0.05, 0) is 6.42 Å². The van der Waals surface area contributed by atoms with Crippen LogP contribution in [0, 0.1) is 0 Å². The molecule has 3 aromatic rings. The van der Waals surface area contributed by atoms with Crippen LogP contribution in [0.4, 0.5) is 5.13 Å². The fourth-order valence-corrected chi connectivity index (χ4v) is 3.33. The van der Waals surface area contributed by atoms with Crippen molar-refractivity contribution in [3.8, 4) is 0 Å². The van der Waals surface area contributed by atoms with Crippen molar-refractivity contribution in [1.82, 2.24) is 19.6 Å². The number of aryl methyl sites for hydroxylation is 1. The van der Waals surface area contributed by atoms with Gasteiger partial charge in [-0.2, -0.15) is 0 Å².